The first-order valence-electron chi connectivity index (χ1n) is 9.64. The number of benzene rings is 2. The summed E-state index contributed by atoms with van der Waals surface area (Å²) in [5.74, 6) is 0.384. The molecule has 0 amide bonds. The highest BCUT2D eigenvalue weighted by molar-refractivity contribution is 5.53. The van der Waals surface area contributed by atoms with E-state index in [0.29, 0.717) is 12.5 Å². The summed E-state index contributed by atoms with van der Waals surface area (Å²) in [7, 11) is 0. The highest BCUT2D eigenvalue weighted by atomic mass is 19.1. The summed E-state index contributed by atoms with van der Waals surface area (Å²) in [5, 5.41) is 0. The minimum atomic E-state index is -0.283. The first kappa shape index (κ1) is 17.5. The van der Waals surface area contributed by atoms with Crippen LogP contribution in [0.3, 0.4) is 0 Å². The molecule has 1 saturated heterocycles. The molecule has 1 fully saturated rings. The SMILES string of the molecule is FCCN1CCC(c2ccccc2)c2ccc(N3CCOCC3)cc2C1. The number of rotatable bonds is 4. The number of anilines is 1. The summed E-state index contributed by atoms with van der Waals surface area (Å²) in [5.41, 5.74) is 5.36. The molecule has 0 radical (unpaired) electrons. The number of nitrogens with zero attached hydrogens (tertiary/aromatic N) is 2. The lowest BCUT2D eigenvalue weighted by molar-refractivity contribution is 0.122. The zero-order valence-corrected chi connectivity index (χ0v) is 15.2. The van der Waals surface area contributed by atoms with Crippen LogP contribution in [0.5, 0.6) is 0 Å². The van der Waals surface area contributed by atoms with Crippen LogP contribution >= 0.6 is 0 Å². The Balaban J connectivity index is 1.69. The largest absolute Gasteiger partial charge is 0.378 e. The lowest BCUT2D eigenvalue weighted by atomic mass is 9.86. The first-order chi connectivity index (χ1) is 12.8. The van der Waals surface area contributed by atoms with Crippen molar-refractivity contribution in [2.45, 2.75) is 18.9 Å². The predicted octanol–water partition coefficient (Wildman–Crippen LogP) is 3.83. The van der Waals surface area contributed by atoms with E-state index in [0.717, 1.165) is 45.8 Å². The second kappa shape index (κ2) is 8.19. The minimum Gasteiger partial charge on any atom is -0.378 e. The number of halogens is 1. The van der Waals surface area contributed by atoms with Gasteiger partial charge in [-0.3, -0.25) is 4.90 Å². The van der Waals surface area contributed by atoms with E-state index in [4.69, 9.17) is 4.74 Å². The third-order valence-electron chi connectivity index (χ3n) is 5.61. The summed E-state index contributed by atoms with van der Waals surface area (Å²) >= 11 is 0. The number of hydrogen-bond acceptors (Lipinski definition) is 3. The average Bonchev–Trinajstić information content (AvgIpc) is 2.88. The van der Waals surface area contributed by atoms with Crippen LogP contribution in [-0.4, -0.2) is 51.0 Å². The zero-order valence-electron chi connectivity index (χ0n) is 15.2. The molecule has 138 valence electrons. The summed E-state index contributed by atoms with van der Waals surface area (Å²) in [6.45, 7) is 5.46. The van der Waals surface area contributed by atoms with Crippen LogP contribution < -0.4 is 4.90 Å². The Morgan fingerprint density at radius 1 is 1.00 bits per heavy atom. The van der Waals surface area contributed by atoms with Gasteiger partial charge < -0.3 is 9.64 Å². The molecule has 0 bridgehead atoms. The fraction of sp³-hybridized carbons (Fsp3) is 0.455. The van der Waals surface area contributed by atoms with Gasteiger partial charge in [0.15, 0.2) is 0 Å². The van der Waals surface area contributed by atoms with E-state index in [1.807, 2.05) is 0 Å². The Bertz CT molecular complexity index is 715. The minimum absolute atomic E-state index is 0.283. The molecule has 2 heterocycles. The van der Waals surface area contributed by atoms with Crippen molar-refractivity contribution >= 4 is 5.69 Å². The molecule has 4 rings (SSSR count). The fourth-order valence-electron chi connectivity index (χ4n) is 4.22. The van der Waals surface area contributed by atoms with Gasteiger partial charge in [-0.1, -0.05) is 36.4 Å². The monoisotopic (exact) mass is 354 g/mol. The number of hydrogen-bond donors (Lipinski definition) is 0. The van der Waals surface area contributed by atoms with Gasteiger partial charge in [-0.2, -0.15) is 0 Å². The normalized spacial score (nSPS) is 21.3. The fourth-order valence-corrected chi connectivity index (χ4v) is 4.22. The van der Waals surface area contributed by atoms with Gasteiger partial charge in [0.1, 0.15) is 6.67 Å². The highest BCUT2D eigenvalue weighted by Gasteiger charge is 2.24. The summed E-state index contributed by atoms with van der Waals surface area (Å²) in [6, 6.07) is 17.6. The molecule has 0 aliphatic carbocycles. The van der Waals surface area contributed by atoms with Crippen LogP contribution in [0.1, 0.15) is 29.0 Å². The van der Waals surface area contributed by atoms with E-state index < -0.39 is 0 Å². The molecular weight excluding hydrogens is 327 g/mol. The van der Waals surface area contributed by atoms with Crippen molar-refractivity contribution < 1.29 is 9.13 Å². The molecule has 2 aliphatic heterocycles. The van der Waals surface area contributed by atoms with Crippen LogP contribution in [0, 0.1) is 0 Å². The van der Waals surface area contributed by atoms with Crippen molar-refractivity contribution in [3.05, 3.63) is 65.2 Å². The summed E-state index contributed by atoms with van der Waals surface area (Å²) in [6.07, 6.45) is 1.04. The topological polar surface area (TPSA) is 15.7 Å². The Hall–Kier alpha value is -1.91. The molecule has 2 aromatic rings. The Morgan fingerprint density at radius 2 is 1.81 bits per heavy atom. The molecule has 0 aromatic heterocycles. The predicted molar refractivity (Wildman–Crippen MR) is 104 cm³/mol. The average molecular weight is 354 g/mol. The lowest BCUT2D eigenvalue weighted by Gasteiger charge is -2.30. The standard InChI is InChI=1S/C22H27FN2O/c23-9-11-24-10-8-22(18-4-2-1-3-5-18)21-7-6-20(16-19(21)17-24)25-12-14-26-15-13-25/h1-7,16,22H,8-15,17H2. The number of morpholine rings is 1. The molecule has 2 aromatic carbocycles. The quantitative estimate of drug-likeness (QED) is 0.830. The van der Waals surface area contributed by atoms with Crippen LogP contribution in [0.2, 0.25) is 0 Å². The smallest absolute Gasteiger partial charge is 0.102 e. The van der Waals surface area contributed by atoms with E-state index in [9.17, 15) is 4.39 Å². The maximum Gasteiger partial charge on any atom is 0.102 e. The first-order valence-corrected chi connectivity index (χ1v) is 9.64. The zero-order chi connectivity index (χ0) is 17.8. The van der Waals surface area contributed by atoms with E-state index in [2.05, 4.69) is 58.3 Å². The molecule has 1 atom stereocenters. The molecule has 2 aliphatic rings. The molecule has 0 saturated carbocycles. The molecule has 0 N–H and O–H groups in total. The maximum atomic E-state index is 13.0. The third kappa shape index (κ3) is 3.76. The van der Waals surface area contributed by atoms with Crippen molar-refractivity contribution in [1.29, 1.82) is 0 Å². The van der Waals surface area contributed by atoms with Gasteiger partial charge in [-0.05, 0) is 41.8 Å². The van der Waals surface area contributed by atoms with Crippen molar-refractivity contribution in [3.63, 3.8) is 0 Å². The van der Waals surface area contributed by atoms with Gasteiger partial charge in [0.2, 0.25) is 0 Å². The second-order valence-corrected chi connectivity index (χ2v) is 7.20. The molecule has 3 nitrogen and oxygen atoms in total. The maximum absolute atomic E-state index is 13.0. The van der Waals surface area contributed by atoms with Crippen molar-refractivity contribution in [2.75, 3.05) is 51.0 Å². The van der Waals surface area contributed by atoms with Crippen molar-refractivity contribution in [3.8, 4) is 0 Å². The molecule has 0 spiro atoms. The van der Waals surface area contributed by atoms with Crippen LogP contribution in [0.15, 0.2) is 48.5 Å². The van der Waals surface area contributed by atoms with Crippen LogP contribution in [0.4, 0.5) is 10.1 Å². The van der Waals surface area contributed by atoms with Crippen molar-refractivity contribution in [2.24, 2.45) is 0 Å². The van der Waals surface area contributed by atoms with Gasteiger partial charge in [-0.25, -0.2) is 4.39 Å². The van der Waals surface area contributed by atoms with Crippen LogP contribution in [0.25, 0.3) is 0 Å². The Labute approximate surface area is 155 Å². The molecule has 26 heavy (non-hydrogen) atoms. The lowest BCUT2D eigenvalue weighted by Crippen LogP contribution is -2.36. The van der Waals surface area contributed by atoms with Gasteiger partial charge in [0.05, 0.1) is 13.2 Å². The summed E-state index contributed by atoms with van der Waals surface area (Å²) in [4.78, 5) is 4.65. The third-order valence-corrected chi connectivity index (χ3v) is 5.61. The number of fused-ring (bicyclic) bond motifs is 1. The van der Waals surface area contributed by atoms with Crippen LogP contribution in [-0.2, 0) is 11.3 Å². The van der Waals surface area contributed by atoms with E-state index in [1.54, 1.807) is 0 Å². The Kier molecular flexibility index (Phi) is 5.51. The summed E-state index contributed by atoms with van der Waals surface area (Å²) < 4.78 is 18.5. The highest BCUT2D eigenvalue weighted by Crippen LogP contribution is 2.36. The van der Waals surface area contributed by atoms with E-state index >= 15 is 0 Å². The second-order valence-electron chi connectivity index (χ2n) is 7.20. The molecular formula is C22H27FN2O. The van der Waals surface area contributed by atoms with Gasteiger partial charge >= 0.3 is 0 Å². The van der Waals surface area contributed by atoms with E-state index in [-0.39, 0.29) is 6.67 Å². The number of ether oxygens (including phenoxy) is 1. The Morgan fingerprint density at radius 3 is 2.58 bits per heavy atom. The van der Waals surface area contributed by atoms with Crippen molar-refractivity contribution in [1.82, 2.24) is 4.90 Å². The number of alkyl halides is 1. The van der Waals surface area contributed by atoms with Gasteiger partial charge in [0, 0.05) is 37.8 Å². The van der Waals surface area contributed by atoms with Gasteiger partial charge in [-0.15, -0.1) is 0 Å². The molecule has 1 unspecified atom stereocenters. The van der Waals surface area contributed by atoms with E-state index in [1.165, 1.54) is 22.4 Å². The van der Waals surface area contributed by atoms with Gasteiger partial charge in [0.25, 0.3) is 0 Å². The molecule has 4 heteroatoms.